The predicted molar refractivity (Wildman–Crippen MR) is 66.5 cm³/mol. The molecule has 2 rings (SSSR count). The summed E-state index contributed by atoms with van der Waals surface area (Å²) in [6.45, 7) is 7.23. The molecule has 0 unspecified atom stereocenters. The molecule has 0 aromatic heterocycles. The molecule has 5 nitrogen and oxygen atoms in total. The number of hydrogen-bond donors (Lipinski definition) is 2. The fraction of sp³-hybridized carbons (Fsp3) is 0.750. The van der Waals surface area contributed by atoms with E-state index in [9.17, 15) is 4.79 Å². The number of carbonyl (C=O) groups excluding carboxylic acids is 1. The Morgan fingerprint density at radius 1 is 1.41 bits per heavy atom. The van der Waals surface area contributed by atoms with Crippen molar-refractivity contribution in [1.82, 2.24) is 20.4 Å². The fourth-order valence-electron chi connectivity index (χ4n) is 2.36. The molecule has 0 aromatic rings. The van der Waals surface area contributed by atoms with E-state index < -0.39 is 0 Å². The molecule has 2 aliphatic heterocycles. The summed E-state index contributed by atoms with van der Waals surface area (Å²) in [5, 5.41) is 6.03. The van der Waals surface area contributed by atoms with Crippen molar-refractivity contribution in [2.45, 2.75) is 6.04 Å². The van der Waals surface area contributed by atoms with Crippen LogP contribution in [0.3, 0.4) is 0 Å². The van der Waals surface area contributed by atoms with Gasteiger partial charge in [-0.3, -0.25) is 14.6 Å². The summed E-state index contributed by atoms with van der Waals surface area (Å²) in [5.41, 5.74) is 0. The van der Waals surface area contributed by atoms with Crippen molar-refractivity contribution in [2.75, 3.05) is 52.4 Å². The molecule has 0 atom stereocenters. The summed E-state index contributed by atoms with van der Waals surface area (Å²) >= 11 is 0. The number of nitrogens with one attached hydrogen (secondary N) is 2. The number of hydrogen-bond acceptors (Lipinski definition) is 4. The molecule has 0 bridgehead atoms. The number of nitrogens with zero attached hydrogens (tertiary/aromatic N) is 2. The highest BCUT2D eigenvalue weighted by Crippen LogP contribution is 2.14. The Morgan fingerprint density at radius 3 is 2.76 bits per heavy atom. The topological polar surface area (TPSA) is 47.6 Å². The summed E-state index contributed by atoms with van der Waals surface area (Å²) in [5.74, 6) is 2.43. The van der Waals surface area contributed by atoms with E-state index in [4.69, 9.17) is 6.42 Å². The van der Waals surface area contributed by atoms with Crippen molar-refractivity contribution in [3.05, 3.63) is 0 Å². The monoisotopic (exact) mass is 236 g/mol. The average molecular weight is 236 g/mol. The van der Waals surface area contributed by atoms with Crippen LogP contribution in [0.1, 0.15) is 0 Å². The normalized spacial score (nSPS) is 22.8. The minimum absolute atomic E-state index is 0.0294. The summed E-state index contributed by atoms with van der Waals surface area (Å²) in [6.07, 6.45) is 5.08. The Balaban J connectivity index is 1.61. The Labute approximate surface area is 103 Å². The van der Waals surface area contributed by atoms with Gasteiger partial charge in [-0.15, -0.1) is 6.42 Å². The Hall–Kier alpha value is -1.09. The smallest absolute Gasteiger partial charge is 0.234 e. The summed E-state index contributed by atoms with van der Waals surface area (Å²) in [7, 11) is 0. The lowest BCUT2D eigenvalue weighted by Crippen LogP contribution is -2.63. The van der Waals surface area contributed by atoms with Crippen molar-refractivity contribution in [2.24, 2.45) is 0 Å². The summed E-state index contributed by atoms with van der Waals surface area (Å²) in [6, 6.07) is 0.637. The molecule has 94 valence electrons. The van der Waals surface area contributed by atoms with E-state index in [2.05, 4.69) is 26.4 Å². The Kier molecular flexibility index (Phi) is 4.37. The van der Waals surface area contributed by atoms with Gasteiger partial charge in [0.05, 0.1) is 13.1 Å². The van der Waals surface area contributed by atoms with E-state index >= 15 is 0 Å². The third kappa shape index (κ3) is 3.43. The van der Waals surface area contributed by atoms with Crippen LogP contribution in [0.25, 0.3) is 0 Å². The number of piperazine rings is 1. The largest absolute Gasteiger partial charge is 0.344 e. The zero-order valence-electron chi connectivity index (χ0n) is 10.1. The van der Waals surface area contributed by atoms with Gasteiger partial charge < -0.3 is 10.6 Å². The summed E-state index contributed by atoms with van der Waals surface area (Å²) in [4.78, 5) is 16.1. The van der Waals surface area contributed by atoms with Crippen LogP contribution >= 0.6 is 0 Å². The SMILES string of the molecule is C#CCNC(=O)CN1CC(N2CCNCC2)C1. The van der Waals surface area contributed by atoms with Gasteiger partial charge in [-0.2, -0.15) is 0 Å². The van der Waals surface area contributed by atoms with Crippen molar-refractivity contribution in [3.8, 4) is 12.3 Å². The van der Waals surface area contributed by atoms with Gasteiger partial charge in [0.2, 0.25) is 5.91 Å². The molecule has 1 amide bonds. The molecule has 0 saturated carbocycles. The number of rotatable bonds is 4. The fourth-order valence-corrected chi connectivity index (χ4v) is 2.36. The summed E-state index contributed by atoms with van der Waals surface area (Å²) < 4.78 is 0. The first-order chi connectivity index (χ1) is 8.29. The third-order valence-corrected chi connectivity index (χ3v) is 3.36. The Bertz CT molecular complexity index is 300. The predicted octanol–water partition coefficient (Wildman–Crippen LogP) is -1.67. The molecule has 17 heavy (non-hydrogen) atoms. The van der Waals surface area contributed by atoms with Gasteiger partial charge in [0.25, 0.3) is 0 Å². The van der Waals surface area contributed by atoms with Gasteiger partial charge >= 0.3 is 0 Å². The average Bonchev–Trinajstić information content (AvgIpc) is 2.31. The van der Waals surface area contributed by atoms with Crippen LogP contribution in [-0.4, -0.2) is 74.1 Å². The lowest BCUT2D eigenvalue weighted by molar-refractivity contribution is -0.124. The zero-order valence-corrected chi connectivity index (χ0v) is 10.1. The number of likely N-dealkylation sites (tertiary alicyclic amines) is 1. The third-order valence-electron chi connectivity index (χ3n) is 3.36. The number of amides is 1. The standard InChI is InChI=1S/C12H20N4O/c1-2-3-14-12(17)10-15-8-11(9-15)16-6-4-13-5-7-16/h1,11,13H,3-10H2,(H,14,17). The van der Waals surface area contributed by atoms with Gasteiger partial charge in [-0.25, -0.2) is 0 Å². The molecule has 2 N–H and O–H groups in total. The maximum Gasteiger partial charge on any atom is 0.234 e. The molecule has 2 saturated heterocycles. The molecule has 5 heteroatoms. The van der Waals surface area contributed by atoms with E-state index in [1.165, 1.54) is 0 Å². The van der Waals surface area contributed by atoms with Crippen LogP contribution in [0.4, 0.5) is 0 Å². The number of carbonyl (C=O) groups is 1. The van der Waals surface area contributed by atoms with E-state index in [1.807, 2.05) is 0 Å². The van der Waals surface area contributed by atoms with E-state index in [0.29, 0.717) is 19.1 Å². The van der Waals surface area contributed by atoms with Gasteiger partial charge in [0.1, 0.15) is 0 Å². The second-order valence-electron chi connectivity index (χ2n) is 4.61. The first-order valence-corrected chi connectivity index (χ1v) is 6.17. The van der Waals surface area contributed by atoms with Crippen LogP contribution < -0.4 is 10.6 Å². The molecular formula is C12H20N4O. The molecule has 0 aromatic carbocycles. The maximum atomic E-state index is 11.4. The van der Waals surface area contributed by atoms with Crippen molar-refractivity contribution in [1.29, 1.82) is 0 Å². The van der Waals surface area contributed by atoms with E-state index in [-0.39, 0.29) is 5.91 Å². The van der Waals surface area contributed by atoms with Crippen molar-refractivity contribution >= 4 is 5.91 Å². The lowest BCUT2D eigenvalue weighted by atomic mass is 10.1. The minimum atomic E-state index is 0.0294. The maximum absolute atomic E-state index is 11.4. The second kappa shape index (κ2) is 6.01. The lowest BCUT2D eigenvalue weighted by Gasteiger charge is -2.46. The van der Waals surface area contributed by atoms with Crippen LogP contribution in [0, 0.1) is 12.3 Å². The van der Waals surface area contributed by atoms with Gasteiger partial charge in [0.15, 0.2) is 0 Å². The van der Waals surface area contributed by atoms with Gasteiger partial charge in [-0.1, -0.05) is 5.92 Å². The highest BCUT2D eigenvalue weighted by atomic mass is 16.2. The first kappa shape index (κ1) is 12.4. The quantitative estimate of drug-likeness (QED) is 0.573. The molecule has 0 spiro atoms. The minimum Gasteiger partial charge on any atom is -0.344 e. The highest BCUT2D eigenvalue weighted by Gasteiger charge is 2.32. The zero-order chi connectivity index (χ0) is 12.1. The van der Waals surface area contributed by atoms with Crippen molar-refractivity contribution in [3.63, 3.8) is 0 Å². The van der Waals surface area contributed by atoms with Gasteiger partial charge in [0, 0.05) is 45.3 Å². The molecule has 2 fully saturated rings. The van der Waals surface area contributed by atoms with E-state index in [1.54, 1.807) is 0 Å². The number of terminal acetylenes is 1. The first-order valence-electron chi connectivity index (χ1n) is 6.17. The molecule has 0 aliphatic carbocycles. The van der Waals surface area contributed by atoms with Crippen LogP contribution in [0.5, 0.6) is 0 Å². The van der Waals surface area contributed by atoms with Crippen molar-refractivity contribution < 1.29 is 4.79 Å². The van der Waals surface area contributed by atoms with Gasteiger partial charge in [-0.05, 0) is 0 Å². The van der Waals surface area contributed by atoms with Crippen LogP contribution in [0.15, 0.2) is 0 Å². The molecule has 2 heterocycles. The van der Waals surface area contributed by atoms with E-state index in [0.717, 1.165) is 39.3 Å². The van der Waals surface area contributed by atoms with Crippen LogP contribution in [0.2, 0.25) is 0 Å². The second-order valence-corrected chi connectivity index (χ2v) is 4.61. The highest BCUT2D eigenvalue weighted by molar-refractivity contribution is 5.78. The Morgan fingerprint density at radius 2 is 2.12 bits per heavy atom. The molecule has 2 aliphatic rings. The molecular weight excluding hydrogens is 216 g/mol. The molecule has 0 radical (unpaired) electrons. The van der Waals surface area contributed by atoms with Crippen LogP contribution in [-0.2, 0) is 4.79 Å².